The second kappa shape index (κ2) is 9.44. The monoisotopic (exact) mass is 513 g/mol. The van der Waals surface area contributed by atoms with E-state index in [0.29, 0.717) is 47.7 Å². The number of aromatic nitrogens is 1. The summed E-state index contributed by atoms with van der Waals surface area (Å²) in [7, 11) is -0.784. The molecule has 0 radical (unpaired) electrons. The minimum absolute atomic E-state index is 0.101. The molecule has 1 aromatic heterocycles. The summed E-state index contributed by atoms with van der Waals surface area (Å²) >= 11 is 13.6. The van der Waals surface area contributed by atoms with Gasteiger partial charge in [-0.25, -0.2) is 13.4 Å². The van der Waals surface area contributed by atoms with Crippen LogP contribution in [-0.4, -0.2) is 58.1 Å². The van der Waals surface area contributed by atoms with Crippen LogP contribution in [-0.2, 0) is 10.0 Å². The molecule has 1 saturated heterocycles. The Hall–Kier alpha value is -2.04. The fraction of sp³-hybridized carbons (Fsp3) is 0.286. The van der Waals surface area contributed by atoms with Crippen molar-refractivity contribution in [1.29, 1.82) is 0 Å². The van der Waals surface area contributed by atoms with Crippen molar-refractivity contribution in [2.75, 3.05) is 45.3 Å². The third kappa shape index (κ3) is 4.53. The lowest BCUT2D eigenvalue weighted by molar-refractivity contribution is 0.370. The molecule has 7 nitrogen and oxygen atoms in total. The molecule has 0 amide bonds. The number of thiazole rings is 1. The van der Waals surface area contributed by atoms with Gasteiger partial charge in [-0.15, -0.1) is 11.3 Å². The van der Waals surface area contributed by atoms with Gasteiger partial charge < -0.3 is 14.4 Å². The number of ether oxygens (including phenoxy) is 2. The first-order valence-electron chi connectivity index (χ1n) is 9.71. The summed E-state index contributed by atoms with van der Waals surface area (Å²) in [5.41, 5.74) is 1.69. The number of anilines is 1. The van der Waals surface area contributed by atoms with Gasteiger partial charge in [0.2, 0.25) is 10.0 Å². The van der Waals surface area contributed by atoms with Gasteiger partial charge >= 0.3 is 0 Å². The molecule has 170 valence electrons. The highest BCUT2D eigenvalue weighted by molar-refractivity contribution is 7.89. The van der Waals surface area contributed by atoms with Crippen molar-refractivity contribution in [3.8, 4) is 22.8 Å². The number of benzene rings is 2. The molecule has 0 bridgehead atoms. The van der Waals surface area contributed by atoms with Gasteiger partial charge in [0.05, 0.1) is 30.0 Å². The van der Waals surface area contributed by atoms with E-state index in [1.807, 2.05) is 11.4 Å². The maximum absolute atomic E-state index is 13.3. The summed E-state index contributed by atoms with van der Waals surface area (Å²) in [4.78, 5) is 6.89. The van der Waals surface area contributed by atoms with Crippen molar-refractivity contribution in [3.63, 3.8) is 0 Å². The smallest absolute Gasteiger partial charge is 0.247 e. The van der Waals surface area contributed by atoms with E-state index in [-0.39, 0.29) is 4.90 Å². The first-order valence-corrected chi connectivity index (χ1v) is 12.8. The quantitative estimate of drug-likeness (QED) is 0.477. The van der Waals surface area contributed by atoms with Gasteiger partial charge in [0.25, 0.3) is 0 Å². The van der Waals surface area contributed by atoms with Crippen LogP contribution in [0.2, 0.25) is 10.0 Å². The molecule has 0 N–H and O–H groups in total. The Kier molecular flexibility index (Phi) is 6.83. The zero-order valence-corrected chi connectivity index (χ0v) is 20.6. The topological polar surface area (TPSA) is 72.0 Å². The molecule has 11 heteroatoms. The number of nitrogens with zero attached hydrogens (tertiary/aromatic N) is 3. The van der Waals surface area contributed by atoms with E-state index in [2.05, 4.69) is 4.90 Å². The highest BCUT2D eigenvalue weighted by atomic mass is 35.5. The van der Waals surface area contributed by atoms with Crippen LogP contribution in [0.3, 0.4) is 0 Å². The lowest BCUT2D eigenvalue weighted by atomic mass is 10.2. The standard InChI is InChI=1S/C21H21Cl2N3O4S2/c1-29-15-4-6-19(30-2)20(12-15)32(27,28)26-9-7-25(8-10-26)21-24-18(13-31-21)14-3-5-16(22)17(23)11-14/h3-6,11-13H,7-10H2,1-2H3. The Balaban J connectivity index is 1.49. The Morgan fingerprint density at radius 2 is 1.72 bits per heavy atom. The number of piperazine rings is 1. The molecule has 0 saturated carbocycles. The SMILES string of the molecule is COc1ccc(OC)c(S(=O)(=O)N2CCN(c3nc(-c4ccc(Cl)c(Cl)c4)cs3)CC2)c1. The molecule has 32 heavy (non-hydrogen) atoms. The van der Waals surface area contributed by atoms with Crippen LogP contribution in [0, 0.1) is 0 Å². The van der Waals surface area contributed by atoms with E-state index >= 15 is 0 Å². The summed E-state index contributed by atoms with van der Waals surface area (Å²) in [6.07, 6.45) is 0. The molecule has 0 atom stereocenters. The van der Waals surface area contributed by atoms with E-state index in [0.717, 1.165) is 16.4 Å². The maximum Gasteiger partial charge on any atom is 0.247 e. The molecular weight excluding hydrogens is 493 g/mol. The van der Waals surface area contributed by atoms with E-state index in [1.165, 1.54) is 35.9 Å². The van der Waals surface area contributed by atoms with Crippen LogP contribution < -0.4 is 14.4 Å². The van der Waals surface area contributed by atoms with Crippen LogP contribution in [0.25, 0.3) is 11.3 Å². The second-order valence-electron chi connectivity index (χ2n) is 7.05. The van der Waals surface area contributed by atoms with Crippen molar-refractivity contribution in [3.05, 3.63) is 51.8 Å². The second-order valence-corrected chi connectivity index (χ2v) is 10.6. The number of hydrogen-bond donors (Lipinski definition) is 0. The zero-order chi connectivity index (χ0) is 22.9. The first kappa shape index (κ1) is 23.1. The van der Waals surface area contributed by atoms with Crippen LogP contribution in [0.5, 0.6) is 11.5 Å². The summed E-state index contributed by atoms with van der Waals surface area (Å²) < 4.78 is 38.5. The Labute approximate surface area is 201 Å². The highest BCUT2D eigenvalue weighted by Gasteiger charge is 2.32. The summed E-state index contributed by atoms with van der Waals surface area (Å²) in [5, 5.41) is 3.77. The molecule has 4 rings (SSSR count). The third-order valence-electron chi connectivity index (χ3n) is 5.21. The first-order chi connectivity index (χ1) is 15.3. The molecule has 3 aromatic rings. The number of sulfonamides is 1. The van der Waals surface area contributed by atoms with Crippen molar-refractivity contribution in [2.45, 2.75) is 4.90 Å². The molecule has 2 aromatic carbocycles. The summed E-state index contributed by atoms with van der Waals surface area (Å²) in [6, 6.07) is 10.2. The lowest BCUT2D eigenvalue weighted by Gasteiger charge is -2.34. The van der Waals surface area contributed by atoms with Gasteiger partial charge in [-0.2, -0.15) is 4.31 Å². The van der Waals surface area contributed by atoms with Crippen LogP contribution in [0.4, 0.5) is 5.13 Å². The van der Waals surface area contributed by atoms with Crippen molar-refractivity contribution in [2.24, 2.45) is 0 Å². The minimum atomic E-state index is -3.73. The summed E-state index contributed by atoms with van der Waals surface area (Å²) in [5.74, 6) is 0.750. The van der Waals surface area contributed by atoms with E-state index in [4.69, 9.17) is 37.7 Å². The third-order valence-corrected chi connectivity index (χ3v) is 8.77. The van der Waals surface area contributed by atoms with Crippen molar-refractivity contribution in [1.82, 2.24) is 9.29 Å². The number of hydrogen-bond acceptors (Lipinski definition) is 7. The zero-order valence-electron chi connectivity index (χ0n) is 17.4. The highest BCUT2D eigenvalue weighted by Crippen LogP contribution is 2.34. The average Bonchev–Trinajstić information content (AvgIpc) is 3.31. The van der Waals surface area contributed by atoms with Crippen LogP contribution in [0.1, 0.15) is 0 Å². The molecule has 1 fully saturated rings. The Morgan fingerprint density at radius 3 is 2.38 bits per heavy atom. The average molecular weight is 514 g/mol. The predicted molar refractivity (Wildman–Crippen MR) is 128 cm³/mol. The molecular formula is C21H21Cl2N3O4S2. The Morgan fingerprint density at radius 1 is 0.969 bits per heavy atom. The Bertz CT molecular complexity index is 1230. The van der Waals surface area contributed by atoms with Gasteiger partial charge in [-0.1, -0.05) is 29.3 Å². The van der Waals surface area contributed by atoms with E-state index in [9.17, 15) is 8.42 Å². The molecule has 1 aliphatic heterocycles. The maximum atomic E-state index is 13.3. The molecule has 1 aliphatic rings. The summed E-state index contributed by atoms with van der Waals surface area (Å²) in [6.45, 7) is 1.73. The van der Waals surface area contributed by atoms with E-state index < -0.39 is 10.0 Å². The van der Waals surface area contributed by atoms with E-state index in [1.54, 1.807) is 24.3 Å². The van der Waals surface area contributed by atoms with Gasteiger partial charge in [0.15, 0.2) is 5.13 Å². The van der Waals surface area contributed by atoms with Crippen molar-refractivity contribution < 1.29 is 17.9 Å². The molecule has 0 aliphatic carbocycles. The van der Waals surface area contributed by atoms with Gasteiger partial charge in [0, 0.05) is 43.2 Å². The molecule has 2 heterocycles. The largest absolute Gasteiger partial charge is 0.497 e. The number of methoxy groups -OCH3 is 2. The van der Waals surface area contributed by atoms with Gasteiger partial charge in [-0.05, 0) is 24.3 Å². The molecule has 0 spiro atoms. The predicted octanol–water partition coefficient (Wildman–Crippen LogP) is 4.65. The number of halogens is 2. The van der Waals surface area contributed by atoms with Gasteiger partial charge in [0.1, 0.15) is 16.4 Å². The van der Waals surface area contributed by atoms with Crippen LogP contribution in [0.15, 0.2) is 46.7 Å². The normalized spacial score (nSPS) is 15.1. The lowest BCUT2D eigenvalue weighted by Crippen LogP contribution is -2.48. The number of rotatable bonds is 6. The molecule has 0 unspecified atom stereocenters. The fourth-order valence-electron chi connectivity index (χ4n) is 3.44. The fourth-order valence-corrected chi connectivity index (χ4v) is 6.22. The van der Waals surface area contributed by atoms with Crippen LogP contribution >= 0.6 is 34.5 Å². The minimum Gasteiger partial charge on any atom is -0.497 e. The van der Waals surface area contributed by atoms with Crippen molar-refractivity contribution >= 4 is 49.7 Å². The van der Waals surface area contributed by atoms with Gasteiger partial charge in [-0.3, -0.25) is 0 Å².